The fourth-order valence-electron chi connectivity index (χ4n) is 4.24. The summed E-state index contributed by atoms with van der Waals surface area (Å²) in [5.74, 6) is -1.59. The highest BCUT2D eigenvalue weighted by atomic mass is 16.4. The van der Waals surface area contributed by atoms with Crippen LogP contribution >= 0.6 is 0 Å². The molecule has 0 radical (unpaired) electrons. The maximum absolute atomic E-state index is 12.7. The Hall–Kier alpha value is -5.17. The van der Waals surface area contributed by atoms with E-state index in [1.54, 1.807) is 22.9 Å². The molecule has 0 saturated heterocycles. The van der Waals surface area contributed by atoms with Crippen molar-refractivity contribution in [3.05, 3.63) is 120 Å². The molecule has 3 N–H and O–H groups in total. The molecule has 0 unspecified atom stereocenters. The number of amides is 1. The summed E-state index contributed by atoms with van der Waals surface area (Å²) in [6.45, 7) is 0. The van der Waals surface area contributed by atoms with Crippen molar-refractivity contribution in [3.63, 3.8) is 0 Å². The summed E-state index contributed by atoms with van der Waals surface area (Å²) in [7, 11) is 0. The van der Waals surface area contributed by atoms with Crippen molar-refractivity contribution < 1.29 is 19.8 Å². The monoisotopic (exact) mass is 503 g/mol. The minimum absolute atomic E-state index is 0.0868. The summed E-state index contributed by atoms with van der Waals surface area (Å²) in [6.07, 6.45) is 4.90. The number of hydrogen-bond acceptors (Lipinski definition) is 4. The van der Waals surface area contributed by atoms with Gasteiger partial charge in [0.15, 0.2) is 0 Å². The molecule has 7 nitrogen and oxygen atoms in total. The molecule has 38 heavy (non-hydrogen) atoms. The van der Waals surface area contributed by atoms with Crippen molar-refractivity contribution in [1.82, 2.24) is 15.1 Å². The number of rotatable bonds is 8. The Morgan fingerprint density at radius 2 is 1.61 bits per heavy atom. The first-order valence-corrected chi connectivity index (χ1v) is 12.1. The van der Waals surface area contributed by atoms with Gasteiger partial charge in [0.1, 0.15) is 11.8 Å². The Balaban J connectivity index is 1.43. The van der Waals surface area contributed by atoms with Crippen molar-refractivity contribution in [1.29, 1.82) is 0 Å². The van der Waals surface area contributed by atoms with Gasteiger partial charge in [-0.2, -0.15) is 5.10 Å². The average Bonchev–Trinajstić information content (AvgIpc) is 3.37. The SMILES string of the molecule is O=C(/C=C/c1cn(-c2ccccc2)nc1-c1ccc2ccccc2c1)N[C@H](Cc1ccc(O)cc1)C(=O)O. The number of nitrogens with one attached hydrogen (secondary N) is 1. The van der Waals surface area contributed by atoms with Crippen LogP contribution in [0.2, 0.25) is 0 Å². The Morgan fingerprint density at radius 3 is 2.34 bits per heavy atom. The van der Waals surface area contributed by atoms with Gasteiger partial charge in [-0.05, 0) is 52.7 Å². The number of aliphatic carboxylic acids is 1. The summed E-state index contributed by atoms with van der Waals surface area (Å²) in [6, 6.07) is 28.9. The Kier molecular flexibility index (Phi) is 6.99. The molecule has 7 heteroatoms. The van der Waals surface area contributed by atoms with E-state index in [0.717, 1.165) is 22.0 Å². The van der Waals surface area contributed by atoms with Gasteiger partial charge in [-0.3, -0.25) is 4.79 Å². The lowest BCUT2D eigenvalue weighted by molar-refractivity contribution is -0.141. The van der Waals surface area contributed by atoms with Crippen molar-refractivity contribution in [3.8, 4) is 22.7 Å². The zero-order valence-electron chi connectivity index (χ0n) is 20.4. The number of carboxylic acid groups (broad SMARTS) is 1. The van der Waals surface area contributed by atoms with Crippen molar-refractivity contribution in [2.45, 2.75) is 12.5 Å². The topological polar surface area (TPSA) is 104 Å². The van der Waals surface area contributed by atoms with Gasteiger partial charge in [0, 0.05) is 29.8 Å². The fourth-order valence-corrected chi connectivity index (χ4v) is 4.24. The molecule has 4 aromatic carbocycles. The van der Waals surface area contributed by atoms with E-state index < -0.39 is 17.9 Å². The molecule has 0 aliphatic heterocycles. The third kappa shape index (κ3) is 5.63. The zero-order chi connectivity index (χ0) is 26.5. The van der Waals surface area contributed by atoms with Crippen LogP contribution < -0.4 is 5.32 Å². The lowest BCUT2D eigenvalue weighted by atomic mass is 10.0. The molecule has 5 rings (SSSR count). The predicted octanol–water partition coefficient (Wildman–Crippen LogP) is 5.22. The maximum Gasteiger partial charge on any atom is 0.326 e. The molecule has 0 aliphatic rings. The summed E-state index contributed by atoms with van der Waals surface area (Å²) in [5, 5.41) is 28.6. The molecule has 0 aliphatic carbocycles. The van der Waals surface area contributed by atoms with E-state index in [0.29, 0.717) is 16.8 Å². The Labute approximate surface area is 219 Å². The van der Waals surface area contributed by atoms with Crippen molar-refractivity contribution in [2.75, 3.05) is 0 Å². The average molecular weight is 504 g/mol. The van der Waals surface area contributed by atoms with Gasteiger partial charge in [0.05, 0.1) is 11.4 Å². The third-order valence-electron chi connectivity index (χ3n) is 6.19. The van der Waals surface area contributed by atoms with Crippen LogP contribution in [-0.4, -0.2) is 37.9 Å². The molecule has 188 valence electrons. The van der Waals surface area contributed by atoms with Crippen LogP contribution in [-0.2, 0) is 16.0 Å². The molecular weight excluding hydrogens is 478 g/mol. The first kappa shape index (κ1) is 24.5. The van der Waals surface area contributed by atoms with Crippen LogP contribution in [0.4, 0.5) is 0 Å². The number of carbonyl (C=O) groups is 2. The first-order valence-electron chi connectivity index (χ1n) is 12.1. The van der Waals surface area contributed by atoms with E-state index in [2.05, 4.69) is 11.4 Å². The van der Waals surface area contributed by atoms with Crippen LogP contribution in [0, 0.1) is 0 Å². The van der Waals surface area contributed by atoms with Gasteiger partial charge in [-0.15, -0.1) is 0 Å². The summed E-state index contributed by atoms with van der Waals surface area (Å²) in [5.41, 5.74) is 3.86. The second kappa shape index (κ2) is 10.8. The highest BCUT2D eigenvalue weighted by Gasteiger charge is 2.20. The number of phenols is 1. The highest BCUT2D eigenvalue weighted by Crippen LogP contribution is 2.28. The van der Waals surface area contributed by atoms with Crippen LogP contribution in [0.15, 0.2) is 109 Å². The lowest BCUT2D eigenvalue weighted by Crippen LogP contribution is -2.41. The number of para-hydroxylation sites is 1. The smallest absolute Gasteiger partial charge is 0.326 e. The largest absolute Gasteiger partial charge is 0.508 e. The summed E-state index contributed by atoms with van der Waals surface area (Å²) >= 11 is 0. The van der Waals surface area contributed by atoms with Crippen molar-refractivity contribution >= 4 is 28.7 Å². The maximum atomic E-state index is 12.7. The van der Waals surface area contributed by atoms with Gasteiger partial charge >= 0.3 is 5.97 Å². The molecule has 0 bridgehead atoms. The number of carboxylic acids is 1. The lowest BCUT2D eigenvalue weighted by Gasteiger charge is -2.13. The molecule has 1 heterocycles. The molecule has 1 aromatic heterocycles. The van der Waals surface area contributed by atoms with Gasteiger partial charge < -0.3 is 15.5 Å². The molecular formula is C31H25N3O4. The van der Waals surface area contributed by atoms with Gasteiger partial charge in [-0.25, -0.2) is 9.48 Å². The fraction of sp³-hybridized carbons (Fsp3) is 0.0645. The number of aromatic nitrogens is 2. The molecule has 0 saturated carbocycles. The van der Waals surface area contributed by atoms with E-state index in [1.165, 1.54) is 18.2 Å². The molecule has 1 atom stereocenters. The van der Waals surface area contributed by atoms with E-state index in [9.17, 15) is 19.8 Å². The minimum atomic E-state index is -1.14. The number of fused-ring (bicyclic) bond motifs is 1. The van der Waals surface area contributed by atoms with Gasteiger partial charge in [0.25, 0.3) is 0 Å². The zero-order valence-corrected chi connectivity index (χ0v) is 20.4. The number of nitrogens with zero attached hydrogens (tertiary/aromatic N) is 2. The number of phenolic OH excluding ortho intramolecular Hbond substituents is 1. The Bertz CT molecular complexity index is 1620. The second-order valence-corrected chi connectivity index (χ2v) is 8.88. The van der Waals surface area contributed by atoms with Crippen LogP contribution in [0.25, 0.3) is 33.8 Å². The van der Waals surface area contributed by atoms with E-state index >= 15 is 0 Å². The third-order valence-corrected chi connectivity index (χ3v) is 6.19. The summed E-state index contributed by atoms with van der Waals surface area (Å²) < 4.78 is 1.76. The highest BCUT2D eigenvalue weighted by molar-refractivity contribution is 5.95. The quantitative estimate of drug-likeness (QED) is 0.252. The molecule has 0 spiro atoms. The van der Waals surface area contributed by atoms with Crippen LogP contribution in [0.5, 0.6) is 5.75 Å². The van der Waals surface area contributed by atoms with Crippen LogP contribution in [0.1, 0.15) is 11.1 Å². The van der Waals surface area contributed by atoms with Gasteiger partial charge in [-0.1, -0.05) is 66.7 Å². The van der Waals surface area contributed by atoms with E-state index in [4.69, 9.17) is 5.10 Å². The summed E-state index contributed by atoms with van der Waals surface area (Å²) in [4.78, 5) is 24.5. The number of aromatic hydroxyl groups is 1. The molecule has 0 fully saturated rings. The van der Waals surface area contributed by atoms with Crippen LogP contribution in [0.3, 0.4) is 0 Å². The number of hydrogen-bond donors (Lipinski definition) is 3. The van der Waals surface area contributed by atoms with E-state index in [1.807, 2.05) is 72.9 Å². The van der Waals surface area contributed by atoms with Crippen molar-refractivity contribution in [2.24, 2.45) is 0 Å². The number of benzene rings is 4. The molecule has 5 aromatic rings. The number of carbonyl (C=O) groups excluding carboxylic acids is 1. The second-order valence-electron chi connectivity index (χ2n) is 8.88. The first-order chi connectivity index (χ1) is 18.5. The normalized spacial score (nSPS) is 12.0. The standard InChI is InChI=1S/C31H25N3O4/c35-27-15-10-21(11-16-27)18-28(31(37)38)32-29(36)17-14-25-20-34(26-8-2-1-3-9-26)33-30(25)24-13-12-22-6-4-5-7-23(22)19-24/h1-17,19-20,28,35H,18H2,(H,32,36)(H,37,38)/b17-14+/t28-/m1/s1. The predicted molar refractivity (Wildman–Crippen MR) is 147 cm³/mol. The van der Waals surface area contributed by atoms with Gasteiger partial charge in [0.2, 0.25) is 5.91 Å². The Morgan fingerprint density at radius 1 is 0.895 bits per heavy atom. The van der Waals surface area contributed by atoms with E-state index in [-0.39, 0.29) is 12.2 Å². The minimum Gasteiger partial charge on any atom is -0.508 e. The molecule has 1 amide bonds.